The maximum Gasteiger partial charge on any atom is 0.513 e. The summed E-state index contributed by atoms with van der Waals surface area (Å²) in [6, 6.07) is 0. The van der Waals surface area contributed by atoms with E-state index in [0.717, 1.165) is 0 Å². The zero-order valence-corrected chi connectivity index (χ0v) is 9.54. The standard InChI is InChI=1S/C6H6F9O3P/c7-3(8)5(11,12)1-17-19(15,16)18-2-6(13,14)4(9)10/h3-4H,1-2H2. The molecule has 0 aromatic heterocycles. The molecule has 0 aliphatic rings. The van der Waals surface area contributed by atoms with Gasteiger partial charge >= 0.3 is 32.6 Å². The summed E-state index contributed by atoms with van der Waals surface area (Å²) in [5, 5.41) is 0. The van der Waals surface area contributed by atoms with Gasteiger partial charge in [0.1, 0.15) is 13.2 Å². The maximum atomic E-state index is 12.6. The lowest BCUT2D eigenvalue weighted by Crippen LogP contribution is -2.33. The molecule has 0 bridgehead atoms. The second-order valence-corrected chi connectivity index (χ2v) is 4.48. The van der Waals surface area contributed by atoms with Crippen molar-refractivity contribution < 1.29 is 52.9 Å². The van der Waals surface area contributed by atoms with E-state index in [1.807, 2.05) is 0 Å². The van der Waals surface area contributed by atoms with Crippen molar-refractivity contribution in [3.8, 4) is 0 Å². The van der Waals surface area contributed by atoms with Crippen LogP contribution in [0, 0.1) is 0 Å². The van der Waals surface area contributed by atoms with E-state index in [0.29, 0.717) is 0 Å². The fraction of sp³-hybridized carbons (Fsp3) is 1.00. The van der Waals surface area contributed by atoms with Gasteiger partial charge in [-0.15, -0.1) is 4.20 Å². The van der Waals surface area contributed by atoms with Gasteiger partial charge < -0.3 is 0 Å². The van der Waals surface area contributed by atoms with Crippen molar-refractivity contribution in [2.24, 2.45) is 0 Å². The van der Waals surface area contributed by atoms with Crippen LogP contribution >= 0.6 is 7.91 Å². The highest BCUT2D eigenvalue weighted by Crippen LogP contribution is 2.52. The predicted molar refractivity (Wildman–Crippen MR) is 42.5 cm³/mol. The molecule has 0 atom stereocenters. The first-order chi connectivity index (χ1) is 8.30. The number of halogens is 9. The number of hydrogen-bond donors (Lipinski definition) is 0. The molecule has 0 saturated carbocycles. The van der Waals surface area contributed by atoms with E-state index in [1.54, 1.807) is 0 Å². The summed E-state index contributed by atoms with van der Waals surface area (Å²) in [6.07, 6.45) is -8.59. The first-order valence-corrected chi connectivity index (χ1v) is 5.64. The summed E-state index contributed by atoms with van der Waals surface area (Å²) in [7, 11) is -6.09. The molecule has 0 saturated heterocycles. The maximum absolute atomic E-state index is 12.6. The van der Waals surface area contributed by atoms with E-state index in [4.69, 9.17) is 0 Å². The van der Waals surface area contributed by atoms with Crippen LogP contribution in [0.5, 0.6) is 0 Å². The molecule has 0 radical (unpaired) electrons. The Hall–Kier alpha value is -0.480. The Kier molecular flexibility index (Phi) is 6.15. The van der Waals surface area contributed by atoms with E-state index in [-0.39, 0.29) is 0 Å². The summed E-state index contributed by atoms with van der Waals surface area (Å²) >= 11 is 0. The second-order valence-electron chi connectivity index (χ2n) is 3.10. The summed E-state index contributed by atoms with van der Waals surface area (Å²) < 4.78 is 124. The van der Waals surface area contributed by atoms with Crippen molar-refractivity contribution >= 4 is 7.91 Å². The first-order valence-electron chi connectivity index (χ1n) is 4.21. The minimum absolute atomic E-state index is 2.43. The topological polar surface area (TPSA) is 35.5 Å². The van der Waals surface area contributed by atoms with E-state index in [1.165, 1.54) is 0 Å². The lowest BCUT2D eigenvalue weighted by atomic mass is 10.4. The van der Waals surface area contributed by atoms with Crippen molar-refractivity contribution in [3.05, 3.63) is 0 Å². The molecule has 0 aromatic carbocycles. The molecule has 13 heteroatoms. The van der Waals surface area contributed by atoms with Crippen LogP contribution in [-0.4, -0.2) is 37.9 Å². The van der Waals surface area contributed by atoms with Crippen LogP contribution in [-0.2, 0) is 13.6 Å². The van der Waals surface area contributed by atoms with E-state index < -0.39 is 45.8 Å². The van der Waals surface area contributed by atoms with Crippen molar-refractivity contribution in [1.82, 2.24) is 0 Å². The molecule has 0 unspecified atom stereocenters. The molecular formula is C6H6F9O3P. The fourth-order valence-corrected chi connectivity index (χ4v) is 1.22. The van der Waals surface area contributed by atoms with Gasteiger partial charge in [0.15, 0.2) is 0 Å². The molecule has 0 aromatic rings. The number of rotatable bonds is 8. The Balaban J connectivity index is 4.39. The third kappa shape index (κ3) is 6.48. The molecule has 116 valence electrons. The van der Waals surface area contributed by atoms with Gasteiger partial charge in [-0.2, -0.15) is 17.6 Å². The quantitative estimate of drug-likeness (QED) is 0.501. The molecule has 0 aliphatic heterocycles. The molecule has 0 rings (SSSR count). The highest BCUT2D eigenvalue weighted by Gasteiger charge is 2.46. The second kappa shape index (κ2) is 6.31. The highest BCUT2D eigenvalue weighted by atomic mass is 31.2. The van der Waals surface area contributed by atoms with Gasteiger partial charge in [0, 0.05) is 0 Å². The zero-order valence-electron chi connectivity index (χ0n) is 8.64. The lowest BCUT2D eigenvalue weighted by molar-refractivity contribution is -0.160. The van der Waals surface area contributed by atoms with Crippen molar-refractivity contribution in [2.45, 2.75) is 24.7 Å². The van der Waals surface area contributed by atoms with E-state index in [2.05, 4.69) is 9.05 Å². The molecule has 0 N–H and O–H groups in total. The van der Waals surface area contributed by atoms with E-state index >= 15 is 0 Å². The molecule has 0 fully saturated rings. The average molecular weight is 328 g/mol. The largest absolute Gasteiger partial charge is 0.513 e. The number of hydrogen-bond acceptors (Lipinski definition) is 3. The smallest absolute Gasteiger partial charge is 0.277 e. The fourth-order valence-electron chi connectivity index (χ4n) is 0.490. The van der Waals surface area contributed by atoms with Crippen LogP contribution in [0.4, 0.5) is 39.3 Å². The zero-order chi connectivity index (χ0) is 15.5. The summed E-state index contributed by atoms with van der Waals surface area (Å²) in [6.45, 7) is -4.86. The minimum atomic E-state index is -6.09. The summed E-state index contributed by atoms with van der Waals surface area (Å²) in [5.74, 6) is -9.81. The Labute approximate surface area is 99.9 Å². The van der Waals surface area contributed by atoms with Crippen LogP contribution in [0.3, 0.4) is 0 Å². The third-order valence-corrected chi connectivity index (χ3v) is 2.34. The molecule has 19 heavy (non-hydrogen) atoms. The monoisotopic (exact) mass is 328 g/mol. The first kappa shape index (κ1) is 18.5. The van der Waals surface area contributed by atoms with Crippen molar-refractivity contribution in [3.63, 3.8) is 0 Å². The van der Waals surface area contributed by atoms with E-state index in [9.17, 15) is 43.9 Å². The minimum Gasteiger partial charge on any atom is -0.277 e. The van der Waals surface area contributed by atoms with Gasteiger partial charge in [0.2, 0.25) is 0 Å². The molecule has 3 nitrogen and oxygen atoms in total. The van der Waals surface area contributed by atoms with Crippen molar-refractivity contribution in [2.75, 3.05) is 13.2 Å². The van der Waals surface area contributed by atoms with Gasteiger partial charge in [-0.3, -0.25) is 9.05 Å². The predicted octanol–water partition coefficient (Wildman–Crippen LogP) is 3.90. The molecule has 0 aliphatic carbocycles. The molecule has 0 amide bonds. The molecule has 0 heterocycles. The van der Waals surface area contributed by atoms with Crippen LogP contribution in [0.1, 0.15) is 0 Å². The van der Waals surface area contributed by atoms with Crippen LogP contribution in [0.25, 0.3) is 0 Å². The summed E-state index contributed by atoms with van der Waals surface area (Å²) in [4.78, 5) is 0. The third-order valence-electron chi connectivity index (χ3n) is 1.46. The molecule has 0 spiro atoms. The Morgan fingerprint density at radius 1 is 0.842 bits per heavy atom. The Bertz CT molecular complexity index is 306. The Morgan fingerprint density at radius 3 is 1.32 bits per heavy atom. The van der Waals surface area contributed by atoms with Gasteiger partial charge in [-0.05, 0) is 0 Å². The SMILES string of the molecule is O=P(F)(OCC(F)(F)C(F)F)OCC(F)(F)C(F)F. The van der Waals surface area contributed by atoms with Crippen molar-refractivity contribution in [1.29, 1.82) is 0 Å². The van der Waals surface area contributed by atoms with Crippen LogP contribution in [0.15, 0.2) is 0 Å². The normalized spacial score (nSPS) is 14.5. The van der Waals surface area contributed by atoms with Crippen LogP contribution in [0.2, 0.25) is 0 Å². The summed E-state index contributed by atoms with van der Waals surface area (Å²) in [5.41, 5.74) is 0. The number of alkyl halides is 8. The Morgan fingerprint density at radius 2 is 1.11 bits per heavy atom. The van der Waals surface area contributed by atoms with Crippen LogP contribution < -0.4 is 0 Å². The molecular weight excluding hydrogens is 322 g/mol. The van der Waals surface area contributed by atoms with Gasteiger partial charge in [-0.1, -0.05) is 0 Å². The van der Waals surface area contributed by atoms with Gasteiger partial charge in [0.05, 0.1) is 0 Å². The van der Waals surface area contributed by atoms with Gasteiger partial charge in [0.25, 0.3) is 0 Å². The average Bonchev–Trinajstić information content (AvgIpc) is 2.24. The lowest BCUT2D eigenvalue weighted by Gasteiger charge is -2.19. The van der Waals surface area contributed by atoms with Gasteiger partial charge in [-0.25, -0.2) is 22.1 Å². The highest BCUT2D eigenvalue weighted by molar-refractivity contribution is 7.48.